The standard InChI is InChI=1S/C17H15N3O3/c21-15(22)9-18-17(23)13-7-4-8-14-16(13)19-11-20(14)10-12-5-2-1-3-6-12/h1-8,11H,9-10H2,(H,18,23)(H,21,22). The number of fused-ring (bicyclic) bond motifs is 1. The quantitative estimate of drug-likeness (QED) is 0.754. The monoisotopic (exact) mass is 309 g/mol. The maximum Gasteiger partial charge on any atom is 0.322 e. The van der Waals surface area contributed by atoms with Crippen LogP contribution in [0.25, 0.3) is 11.0 Å². The van der Waals surface area contributed by atoms with Crippen LogP contribution in [-0.4, -0.2) is 33.1 Å². The van der Waals surface area contributed by atoms with Crippen LogP contribution in [0.5, 0.6) is 0 Å². The summed E-state index contributed by atoms with van der Waals surface area (Å²) in [7, 11) is 0. The number of amides is 1. The van der Waals surface area contributed by atoms with E-state index in [1.165, 1.54) is 0 Å². The molecule has 0 radical (unpaired) electrons. The topological polar surface area (TPSA) is 84.2 Å². The van der Waals surface area contributed by atoms with E-state index in [2.05, 4.69) is 10.3 Å². The highest BCUT2D eigenvalue weighted by molar-refractivity contribution is 6.05. The number of hydrogen-bond acceptors (Lipinski definition) is 3. The lowest BCUT2D eigenvalue weighted by molar-refractivity contribution is -0.135. The number of para-hydroxylation sites is 1. The van der Waals surface area contributed by atoms with Crippen molar-refractivity contribution in [2.45, 2.75) is 6.54 Å². The summed E-state index contributed by atoms with van der Waals surface area (Å²) in [5, 5.41) is 11.0. The molecule has 1 aromatic heterocycles. The maximum absolute atomic E-state index is 12.1. The molecular weight excluding hydrogens is 294 g/mol. The third-order valence-electron chi connectivity index (χ3n) is 3.49. The fourth-order valence-corrected chi connectivity index (χ4v) is 2.43. The Bertz CT molecular complexity index is 856. The van der Waals surface area contributed by atoms with Crippen molar-refractivity contribution in [1.29, 1.82) is 0 Å². The summed E-state index contributed by atoms with van der Waals surface area (Å²) in [5.41, 5.74) is 2.89. The zero-order valence-corrected chi connectivity index (χ0v) is 12.3. The molecule has 0 bridgehead atoms. The summed E-state index contributed by atoms with van der Waals surface area (Å²) in [6, 6.07) is 15.2. The second-order valence-corrected chi connectivity index (χ2v) is 5.11. The number of carbonyl (C=O) groups is 2. The van der Waals surface area contributed by atoms with Gasteiger partial charge in [-0.2, -0.15) is 0 Å². The van der Waals surface area contributed by atoms with Gasteiger partial charge in [-0.1, -0.05) is 36.4 Å². The van der Waals surface area contributed by atoms with Crippen molar-refractivity contribution in [3.63, 3.8) is 0 Å². The molecule has 0 unspecified atom stereocenters. The van der Waals surface area contributed by atoms with Gasteiger partial charge in [0.25, 0.3) is 5.91 Å². The highest BCUT2D eigenvalue weighted by Crippen LogP contribution is 2.18. The van der Waals surface area contributed by atoms with E-state index in [-0.39, 0.29) is 0 Å². The van der Waals surface area contributed by atoms with Crippen LogP contribution in [0.15, 0.2) is 54.9 Å². The number of carbonyl (C=O) groups excluding carboxylic acids is 1. The molecule has 1 amide bonds. The minimum atomic E-state index is -1.08. The molecule has 0 atom stereocenters. The normalized spacial score (nSPS) is 10.6. The molecule has 2 aromatic carbocycles. The zero-order chi connectivity index (χ0) is 16.2. The van der Waals surface area contributed by atoms with Gasteiger partial charge in [0.15, 0.2) is 0 Å². The van der Waals surface area contributed by atoms with Crippen molar-refractivity contribution < 1.29 is 14.7 Å². The van der Waals surface area contributed by atoms with Crippen LogP contribution in [0.2, 0.25) is 0 Å². The predicted molar refractivity (Wildman–Crippen MR) is 85.2 cm³/mol. The molecule has 116 valence electrons. The minimum absolute atomic E-state index is 0.371. The van der Waals surface area contributed by atoms with Crippen LogP contribution >= 0.6 is 0 Å². The number of hydrogen-bond donors (Lipinski definition) is 2. The molecule has 6 nitrogen and oxygen atoms in total. The molecule has 0 aliphatic heterocycles. The highest BCUT2D eigenvalue weighted by atomic mass is 16.4. The van der Waals surface area contributed by atoms with Gasteiger partial charge in [-0.25, -0.2) is 4.98 Å². The second-order valence-electron chi connectivity index (χ2n) is 5.11. The molecule has 2 N–H and O–H groups in total. The van der Waals surface area contributed by atoms with Gasteiger partial charge in [0.05, 0.1) is 17.4 Å². The first-order valence-electron chi connectivity index (χ1n) is 7.13. The van der Waals surface area contributed by atoms with Crippen molar-refractivity contribution in [3.05, 3.63) is 66.0 Å². The van der Waals surface area contributed by atoms with Crippen LogP contribution in [0.3, 0.4) is 0 Å². The van der Waals surface area contributed by atoms with Gasteiger partial charge in [0.2, 0.25) is 0 Å². The van der Waals surface area contributed by atoms with E-state index in [1.807, 2.05) is 41.0 Å². The number of carboxylic acids is 1. The SMILES string of the molecule is O=C(O)CNC(=O)c1cccc2c1ncn2Cc1ccccc1. The summed E-state index contributed by atoms with van der Waals surface area (Å²) in [6.45, 7) is 0.234. The van der Waals surface area contributed by atoms with Crippen molar-refractivity contribution >= 4 is 22.9 Å². The average molecular weight is 309 g/mol. The number of carboxylic acid groups (broad SMARTS) is 1. The fraction of sp³-hybridized carbons (Fsp3) is 0.118. The predicted octanol–water partition coefficient (Wildman–Crippen LogP) is 1.90. The Morgan fingerprint density at radius 1 is 1.09 bits per heavy atom. The summed E-state index contributed by atoms with van der Waals surface area (Å²) < 4.78 is 1.96. The number of rotatable bonds is 5. The Hall–Kier alpha value is -3.15. The van der Waals surface area contributed by atoms with Gasteiger partial charge in [0.1, 0.15) is 12.1 Å². The molecule has 3 rings (SSSR count). The lowest BCUT2D eigenvalue weighted by Crippen LogP contribution is -2.29. The Morgan fingerprint density at radius 3 is 2.61 bits per heavy atom. The van der Waals surface area contributed by atoms with Crippen LogP contribution < -0.4 is 5.32 Å². The Kier molecular flexibility index (Phi) is 4.05. The molecule has 0 saturated heterocycles. The zero-order valence-electron chi connectivity index (χ0n) is 12.3. The maximum atomic E-state index is 12.1. The lowest BCUT2D eigenvalue weighted by atomic mass is 10.1. The van der Waals surface area contributed by atoms with Crippen LogP contribution in [-0.2, 0) is 11.3 Å². The first kappa shape index (κ1) is 14.8. The Morgan fingerprint density at radius 2 is 1.87 bits per heavy atom. The molecule has 1 heterocycles. The number of imidazole rings is 1. The lowest BCUT2D eigenvalue weighted by Gasteiger charge is -2.06. The van der Waals surface area contributed by atoms with Crippen LogP contribution in [0.4, 0.5) is 0 Å². The molecule has 23 heavy (non-hydrogen) atoms. The number of aliphatic carboxylic acids is 1. The second kappa shape index (κ2) is 6.31. The van der Waals surface area contributed by atoms with Crippen LogP contribution in [0, 0.1) is 0 Å². The molecule has 0 spiro atoms. The molecule has 0 fully saturated rings. The molecular formula is C17H15N3O3. The van der Waals surface area contributed by atoms with Gasteiger partial charge in [0, 0.05) is 6.54 Å². The van der Waals surface area contributed by atoms with Gasteiger partial charge in [-0.3, -0.25) is 9.59 Å². The van der Waals surface area contributed by atoms with E-state index in [0.717, 1.165) is 11.1 Å². The number of aromatic nitrogens is 2. The van der Waals surface area contributed by atoms with Crippen molar-refractivity contribution in [3.8, 4) is 0 Å². The van der Waals surface area contributed by atoms with Gasteiger partial charge >= 0.3 is 5.97 Å². The smallest absolute Gasteiger partial charge is 0.322 e. The number of nitrogens with one attached hydrogen (secondary N) is 1. The van der Waals surface area contributed by atoms with E-state index in [9.17, 15) is 9.59 Å². The highest BCUT2D eigenvalue weighted by Gasteiger charge is 2.14. The molecule has 6 heteroatoms. The van der Waals surface area contributed by atoms with E-state index >= 15 is 0 Å². The van der Waals surface area contributed by atoms with Gasteiger partial charge < -0.3 is 15.0 Å². The van der Waals surface area contributed by atoms with E-state index in [1.54, 1.807) is 18.5 Å². The van der Waals surface area contributed by atoms with Gasteiger partial charge in [-0.15, -0.1) is 0 Å². The first-order valence-corrected chi connectivity index (χ1v) is 7.13. The molecule has 0 aliphatic rings. The van der Waals surface area contributed by atoms with Crippen LogP contribution in [0.1, 0.15) is 15.9 Å². The molecule has 0 saturated carbocycles. The summed E-state index contributed by atoms with van der Waals surface area (Å²) >= 11 is 0. The number of nitrogens with zero attached hydrogens (tertiary/aromatic N) is 2. The summed E-state index contributed by atoms with van der Waals surface area (Å²) in [4.78, 5) is 27.0. The Balaban J connectivity index is 1.91. The van der Waals surface area contributed by atoms with E-state index in [4.69, 9.17) is 5.11 Å². The van der Waals surface area contributed by atoms with E-state index < -0.39 is 18.4 Å². The van der Waals surface area contributed by atoms with E-state index in [0.29, 0.717) is 17.6 Å². The fourth-order valence-electron chi connectivity index (χ4n) is 2.43. The first-order chi connectivity index (χ1) is 11.1. The molecule has 3 aromatic rings. The largest absolute Gasteiger partial charge is 0.480 e. The van der Waals surface area contributed by atoms with Crippen molar-refractivity contribution in [2.24, 2.45) is 0 Å². The Labute approximate surface area is 132 Å². The average Bonchev–Trinajstić information content (AvgIpc) is 2.96. The number of benzene rings is 2. The van der Waals surface area contributed by atoms with Crippen molar-refractivity contribution in [2.75, 3.05) is 6.54 Å². The minimum Gasteiger partial charge on any atom is -0.480 e. The summed E-state index contributed by atoms with van der Waals surface area (Å²) in [5.74, 6) is -1.52. The summed E-state index contributed by atoms with van der Waals surface area (Å²) in [6.07, 6.45) is 1.69. The third-order valence-corrected chi connectivity index (χ3v) is 3.49. The molecule has 0 aliphatic carbocycles. The van der Waals surface area contributed by atoms with Gasteiger partial charge in [-0.05, 0) is 17.7 Å². The van der Waals surface area contributed by atoms with Crippen molar-refractivity contribution in [1.82, 2.24) is 14.9 Å². The third kappa shape index (κ3) is 3.21.